The van der Waals surface area contributed by atoms with Gasteiger partial charge in [-0.3, -0.25) is 4.68 Å². The van der Waals surface area contributed by atoms with Crippen LogP contribution < -0.4 is 0 Å². The molecule has 1 N–H and O–H groups in total. The topological polar surface area (TPSA) is 38.0 Å². The first kappa shape index (κ1) is 17.2. The smallest absolute Gasteiger partial charge is 0.0856 e. The molecule has 0 aliphatic heterocycles. The molecule has 0 aliphatic carbocycles. The standard InChI is InChI=1S/C15H17Br3N2O/c1-3-12-15(18)13(20(4-2)19-12)8-14(21)10-6-5-9(16)7-11(10)17/h5-7,14,21H,3-4,8H2,1-2H3. The first-order chi connectivity index (χ1) is 9.97. The maximum Gasteiger partial charge on any atom is 0.0856 e. The van der Waals surface area contributed by atoms with Gasteiger partial charge in [-0.15, -0.1) is 0 Å². The largest absolute Gasteiger partial charge is 0.388 e. The van der Waals surface area contributed by atoms with Crippen LogP contribution in [0.1, 0.15) is 36.9 Å². The van der Waals surface area contributed by atoms with E-state index in [1.54, 1.807) is 0 Å². The Morgan fingerprint density at radius 1 is 1.24 bits per heavy atom. The highest BCUT2D eigenvalue weighted by molar-refractivity contribution is 9.11. The van der Waals surface area contributed by atoms with Crippen LogP contribution in [0.5, 0.6) is 0 Å². The lowest BCUT2D eigenvalue weighted by molar-refractivity contribution is 0.174. The van der Waals surface area contributed by atoms with Crippen LogP contribution in [0.15, 0.2) is 31.6 Å². The van der Waals surface area contributed by atoms with Gasteiger partial charge in [0.05, 0.1) is 22.0 Å². The zero-order chi connectivity index (χ0) is 15.6. The van der Waals surface area contributed by atoms with E-state index in [4.69, 9.17) is 0 Å². The summed E-state index contributed by atoms with van der Waals surface area (Å²) >= 11 is 10.6. The number of hydrogen-bond donors (Lipinski definition) is 1. The monoisotopic (exact) mass is 478 g/mol. The number of aliphatic hydroxyl groups excluding tert-OH is 1. The Morgan fingerprint density at radius 2 is 1.95 bits per heavy atom. The van der Waals surface area contributed by atoms with Crippen molar-refractivity contribution in [3.63, 3.8) is 0 Å². The van der Waals surface area contributed by atoms with E-state index in [9.17, 15) is 5.11 Å². The lowest BCUT2D eigenvalue weighted by Gasteiger charge is -2.14. The van der Waals surface area contributed by atoms with Crippen molar-refractivity contribution < 1.29 is 5.11 Å². The number of aryl methyl sites for hydroxylation is 2. The molecule has 0 bridgehead atoms. The number of halogens is 3. The molecule has 1 unspecified atom stereocenters. The highest BCUT2D eigenvalue weighted by Crippen LogP contribution is 2.31. The van der Waals surface area contributed by atoms with Gasteiger partial charge in [-0.05, 0) is 47.0 Å². The fourth-order valence-electron chi connectivity index (χ4n) is 2.28. The van der Waals surface area contributed by atoms with Crippen LogP contribution in [-0.2, 0) is 19.4 Å². The summed E-state index contributed by atoms with van der Waals surface area (Å²) in [5.41, 5.74) is 2.96. The zero-order valence-electron chi connectivity index (χ0n) is 11.9. The van der Waals surface area contributed by atoms with Gasteiger partial charge in [0.15, 0.2) is 0 Å². The van der Waals surface area contributed by atoms with Gasteiger partial charge in [-0.2, -0.15) is 5.10 Å². The third-order valence-corrected chi connectivity index (χ3v) is 5.50. The molecule has 0 saturated heterocycles. The molecule has 0 aliphatic rings. The molecule has 3 nitrogen and oxygen atoms in total. The maximum absolute atomic E-state index is 10.6. The first-order valence-electron chi connectivity index (χ1n) is 6.84. The second kappa shape index (κ2) is 7.40. The number of aliphatic hydroxyl groups is 1. The van der Waals surface area contributed by atoms with Gasteiger partial charge in [0, 0.05) is 21.9 Å². The van der Waals surface area contributed by atoms with Crippen molar-refractivity contribution >= 4 is 47.8 Å². The molecule has 0 spiro atoms. The van der Waals surface area contributed by atoms with Crippen LogP contribution >= 0.6 is 47.8 Å². The van der Waals surface area contributed by atoms with Gasteiger partial charge in [0.25, 0.3) is 0 Å². The number of hydrogen-bond acceptors (Lipinski definition) is 2. The minimum atomic E-state index is -0.574. The molecule has 2 aromatic rings. The van der Waals surface area contributed by atoms with Crippen LogP contribution in [-0.4, -0.2) is 14.9 Å². The van der Waals surface area contributed by atoms with Crippen LogP contribution in [0.25, 0.3) is 0 Å². The normalized spacial score (nSPS) is 12.7. The van der Waals surface area contributed by atoms with Crippen LogP contribution in [0.3, 0.4) is 0 Å². The molecule has 1 heterocycles. The summed E-state index contributed by atoms with van der Waals surface area (Å²) in [4.78, 5) is 0. The van der Waals surface area contributed by atoms with Crippen LogP contribution in [0.2, 0.25) is 0 Å². The fraction of sp³-hybridized carbons (Fsp3) is 0.400. The van der Waals surface area contributed by atoms with Crippen molar-refractivity contribution in [3.8, 4) is 0 Å². The molecule has 0 saturated carbocycles. The summed E-state index contributed by atoms with van der Waals surface area (Å²) in [6, 6.07) is 5.81. The van der Waals surface area contributed by atoms with Crippen molar-refractivity contribution in [1.82, 2.24) is 9.78 Å². The van der Waals surface area contributed by atoms with Gasteiger partial charge in [0.2, 0.25) is 0 Å². The third kappa shape index (κ3) is 3.78. The van der Waals surface area contributed by atoms with E-state index in [1.807, 2.05) is 22.9 Å². The van der Waals surface area contributed by atoms with Gasteiger partial charge in [-0.25, -0.2) is 0 Å². The van der Waals surface area contributed by atoms with Crippen LogP contribution in [0, 0.1) is 0 Å². The average Bonchev–Trinajstić information content (AvgIpc) is 2.75. The van der Waals surface area contributed by atoms with Gasteiger partial charge in [-0.1, -0.05) is 44.8 Å². The summed E-state index contributed by atoms with van der Waals surface area (Å²) in [6.45, 7) is 4.94. The van der Waals surface area contributed by atoms with E-state index in [0.29, 0.717) is 6.42 Å². The molecule has 21 heavy (non-hydrogen) atoms. The van der Waals surface area contributed by atoms with E-state index in [-0.39, 0.29) is 0 Å². The molecule has 114 valence electrons. The Balaban J connectivity index is 2.31. The molecule has 1 aromatic heterocycles. The molecule has 1 atom stereocenters. The Hall–Kier alpha value is -0.170. The fourth-order valence-corrected chi connectivity index (χ4v) is 4.31. The minimum Gasteiger partial charge on any atom is -0.388 e. The second-order valence-corrected chi connectivity index (χ2v) is 7.33. The van der Waals surface area contributed by atoms with E-state index >= 15 is 0 Å². The van der Waals surface area contributed by atoms with Gasteiger partial charge < -0.3 is 5.11 Å². The predicted molar refractivity (Wildman–Crippen MR) is 95.5 cm³/mol. The summed E-state index contributed by atoms with van der Waals surface area (Å²) in [5.74, 6) is 0. The summed E-state index contributed by atoms with van der Waals surface area (Å²) < 4.78 is 4.86. The molecule has 1 aromatic carbocycles. The third-order valence-electron chi connectivity index (χ3n) is 3.40. The van der Waals surface area contributed by atoms with Crippen LogP contribution in [0.4, 0.5) is 0 Å². The molecule has 0 radical (unpaired) electrons. The maximum atomic E-state index is 10.6. The molecule has 6 heteroatoms. The van der Waals surface area contributed by atoms with E-state index in [2.05, 4.69) is 66.7 Å². The Kier molecular flexibility index (Phi) is 6.05. The van der Waals surface area contributed by atoms with Crippen molar-refractivity contribution in [2.75, 3.05) is 0 Å². The molecule has 0 amide bonds. The summed E-state index contributed by atoms with van der Waals surface area (Å²) in [7, 11) is 0. The summed E-state index contributed by atoms with van der Waals surface area (Å²) in [6.07, 6.45) is 0.829. The predicted octanol–water partition coefficient (Wildman–Crippen LogP) is 5.03. The number of benzene rings is 1. The Bertz CT molecular complexity index is 640. The zero-order valence-corrected chi connectivity index (χ0v) is 16.7. The Morgan fingerprint density at radius 3 is 2.52 bits per heavy atom. The highest BCUT2D eigenvalue weighted by Gasteiger charge is 2.19. The number of rotatable bonds is 5. The Labute approximate surface area is 150 Å². The first-order valence-corrected chi connectivity index (χ1v) is 9.22. The van der Waals surface area contributed by atoms with E-state index < -0.39 is 6.10 Å². The highest BCUT2D eigenvalue weighted by atomic mass is 79.9. The van der Waals surface area contributed by atoms with Crippen molar-refractivity contribution in [2.45, 2.75) is 39.3 Å². The molecule has 0 fully saturated rings. The molecular formula is C15H17Br3N2O. The minimum absolute atomic E-state index is 0.529. The number of aromatic nitrogens is 2. The van der Waals surface area contributed by atoms with Crippen molar-refractivity contribution in [1.29, 1.82) is 0 Å². The van der Waals surface area contributed by atoms with Crippen molar-refractivity contribution in [2.24, 2.45) is 0 Å². The van der Waals surface area contributed by atoms with E-state index in [0.717, 1.165) is 43.3 Å². The lowest BCUT2D eigenvalue weighted by atomic mass is 10.0. The van der Waals surface area contributed by atoms with Crippen molar-refractivity contribution in [3.05, 3.63) is 48.6 Å². The summed E-state index contributed by atoms with van der Waals surface area (Å²) in [5, 5.41) is 15.1. The number of nitrogens with zero attached hydrogens (tertiary/aromatic N) is 2. The van der Waals surface area contributed by atoms with E-state index in [1.165, 1.54) is 0 Å². The average molecular weight is 481 g/mol. The quantitative estimate of drug-likeness (QED) is 0.651. The van der Waals surface area contributed by atoms with Gasteiger partial charge in [0.1, 0.15) is 0 Å². The lowest BCUT2D eigenvalue weighted by Crippen LogP contribution is -2.09. The molecular weight excluding hydrogens is 464 g/mol. The van der Waals surface area contributed by atoms with Gasteiger partial charge >= 0.3 is 0 Å². The molecule has 2 rings (SSSR count). The second-order valence-electron chi connectivity index (χ2n) is 4.76. The SMILES string of the molecule is CCc1nn(CC)c(CC(O)c2ccc(Br)cc2Br)c1Br.